The predicted octanol–water partition coefficient (Wildman–Crippen LogP) is 2.24. The third-order valence-electron chi connectivity index (χ3n) is 2.85. The van der Waals surface area contributed by atoms with Crippen molar-refractivity contribution in [1.82, 2.24) is 14.9 Å². The quantitative estimate of drug-likeness (QED) is 0.857. The molecular weight excluding hydrogens is 290 g/mol. The maximum Gasteiger partial charge on any atom is 0.244 e. The second-order valence-electron chi connectivity index (χ2n) is 5.02. The van der Waals surface area contributed by atoms with Gasteiger partial charge in [-0.1, -0.05) is 12.1 Å². The molecule has 1 atom stereocenters. The van der Waals surface area contributed by atoms with E-state index in [1.165, 1.54) is 12.4 Å². The minimum Gasteiger partial charge on any atom is -0.491 e. The van der Waals surface area contributed by atoms with Gasteiger partial charge in [-0.05, 0) is 38.5 Å². The molecule has 0 saturated carbocycles. The summed E-state index contributed by atoms with van der Waals surface area (Å²) >= 11 is 0. The number of sulfonamides is 1. The van der Waals surface area contributed by atoms with Crippen molar-refractivity contribution in [3.8, 4) is 5.75 Å². The van der Waals surface area contributed by atoms with Gasteiger partial charge in [-0.15, -0.1) is 0 Å². The van der Waals surface area contributed by atoms with E-state index in [9.17, 15) is 8.42 Å². The lowest BCUT2D eigenvalue weighted by Crippen LogP contribution is -2.26. The van der Waals surface area contributed by atoms with Gasteiger partial charge in [0.25, 0.3) is 0 Å². The maximum absolute atomic E-state index is 12.1. The number of ether oxygens (including phenoxy) is 1. The molecule has 0 amide bonds. The molecule has 7 heteroatoms. The van der Waals surface area contributed by atoms with Gasteiger partial charge in [0.2, 0.25) is 10.0 Å². The molecule has 1 aromatic heterocycles. The van der Waals surface area contributed by atoms with Gasteiger partial charge >= 0.3 is 0 Å². The van der Waals surface area contributed by atoms with Crippen LogP contribution in [0.25, 0.3) is 0 Å². The summed E-state index contributed by atoms with van der Waals surface area (Å²) in [6.45, 7) is 5.67. The zero-order valence-corrected chi connectivity index (χ0v) is 13.0. The fraction of sp³-hybridized carbons (Fsp3) is 0.357. The Hall–Kier alpha value is -1.86. The van der Waals surface area contributed by atoms with Crippen LogP contribution < -0.4 is 9.46 Å². The fourth-order valence-electron chi connectivity index (χ4n) is 1.88. The van der Waals surface area contributed by atoms with Crippen LogP contribution in [0.15, 0.2) is 41.6 Å². The van der Waals surface area contributed by atoms with E-state index < -0.39 is 10.0 Å². The SMILES string of the molecule is CC(C)Oc1cccc(C(C)NS(=O)(=O)c2cn[nH]c2)c1. The van der Waals surface area contributed by atoms with E-state index in [0.717, 1.165) is 11.3 Å². The molecule has 0 aliphatic heterocycles. The summed E-state index contributed by atoms with van der Waals surface area (Å²) in [5.41, 5.74) is 0.834. The molecule has 21 heavy (non-hydrogen) atoms. The minimum absolute atomic E-state index is 0.0678. The van der Waals surface area contributed by atoms with Crippen molar-refractivity contribution >= 4 is 10.0 Å². The number of nitrogens with zero attached hydrogens (tertiary/aromatic N) is 1. The zero-order chi connectivity index (χ0) is 15.5. The van der Waals surface area contributed by atoms with E-state index in [0.29, 0.717) is 0 Å². The van der Waals surface area contributed by atoms with Gasteiger partial charge in [0.1, 0.15) is 10.6 Å². The van der Waals surface area contributed by atoms with Gasteiger partial charge in [0.05, 0.1) is 12.3 Å². The molecule has 6 nitrogen and oxygen atoms in total. The molecule has 2 rings (SSSR count). The molecule has 0 spiro atoms. The summed E-state index contributed by atoms with van der Waals surface area (Å²) in [4.78, 5) is 0.115. The van der Waals surface area contributed by atoms with E-state index in [-0.39, 0.29) is 17.0 Å². The molecule has 114 valence electrons. The normalized spacial score (nSPS) is 13.3. The Bertz CT molecular complexity index is 681. The van der Waals surface area contributed by atoms with Crippen LogP contribution in [0.2, 0.25) is 0 Å². The fourth-order valence-corrected chi connectivity index (χ4v) is 3.02. The maximum atomic E-state index is 12.1. The number of rotatable bonds is 6. The number of benzene rings is 1. The van der Waals surface area contributed by atoms with E-state index in [1.807, 2.05) is 38.1 Å². The van der Waals surface area contributed by atoms with Gasteiger partial charge in [-0.3, -0.25) is 5.10 Å². The summed E-state index contributed by atoms with van der Waals surface area (Å²) in [7, 11) is -3.58. The van der Waals surface area contributed by atoms with Crippen molar-refractivity contribution in [3.63, 3.8) is 0 Å². The summed E-state index contributed by atoms with van der Waals surface area (Å²) in [5.74, 6) is 0.719. The molecule has 0 bridgehead atoms. The van der Waals surface area contributed by atoms with Crippen LogP contribution in [0.3, 0.4) is 0 Å². The Balaban J connectivity index is 2.15. The first kappa shape index (κ1) is 15.5. The predicted molar refractivity (Wildman–Crippen MR) is 79.5 cm³/mol. The number of aromatic nitrogens is 2. The van der Waals surface area contributed by atoms with Crippen molar-refractivity contribution in [1.29, 1.82) is 0 Å². The van der Waals surface area contributed by atoms with Crippen LogP contribution in [-0.2, 0) is 10.0 Å². The van der Waals surface area contributed by atoms with Crippen molar-refractivity contribution in [2.45, 2.75) is 37.8 Å². The Labute approximate surface area is 124 Å². The second kappa shape index (κ2) is 6.28. The topological polar surface area (TPSA) is 84.1 Å². The highest BCUT2D eigenvalue weighted by Crippen LogP contribution is 2.21. The Morgan fingerprint density at radius 1 is 1.29 bits per heavy atom. The van der Waals surface area contributed by atoms with Crippen molar-refractivity contribution in [3.05, 3.63) is 42.2 Å². The lowest BCUT2D eigenvalue weighted by molar-refractivity contribution is 0.242. The van der Waals surface area contributed by atoms with Gasteiger partial charge in [0, 0.05) is 12.2 Å². The Morgan fingerprint density at radius 2 is 2.05 bits per heavy atom. The lowest BCUT2D eigenvalue weighted by atomic mass is 10.1. The molecule has 2 aromatic rings. The molecule has 1 heterocycles. The molecule has 0 radical (unpaired) electrons. The van der Waals surface area contributed by atoms with Gasteiger partial charge in [-0.25, -0.2) is 13.1 Å². The number of aromatic amines is 1. The number of nitrogens with one attached hydrogen (secondary N) is 2. The minimum atomic E-state index is -3.58. The van der Waals surface area contributed by atoms with Crippen LogP contribution in [0.4, 0.5) is 0 Å². The highest BCUT2D eigenvalue weighted by molar-refractivity contribution is 7.89. The second-order valence-corrected chi connectivity index (χ2v) is 6.73. The molecule has 0 aliphatic carbocycles. The summed E-state index contributed by atoms with van der Waals surface area (Å²) < 4.78 is 32.5. The average Bonchev–Trinajstić information content (AvgIpc) is 2.92. The average molecular weight is 309 g/mol. The first-order chi connectivity index (χ1) is 9.88. The first-order valence-corrected chi connectivity index (χ1v) is 8.14. The smallest absolute Gasteiger partial charge is 0.244 e. The third kappa shape index (κ3) is 4.05. The molecule has 2 N–H and O–H groups in total. The van der Waals surface area contributed by atoms with Gasteiger partial charge < -0.3 is 4.74 Å². The van der Waals surface area contributed by atoms with Crippen LogP contribution in [0.5, 0.6) is 5.75 Å². The number of hydrogen-bond donors (Lipinski definition) is 2. The highest BCUT2D eigenvalue weighted by Gasteiger charge is 2.19. The zero-order valence-electron chi connectivity index (χ0n) is 12.2. The van der Waals surface area contributed by atoms with E-state index >= 15 is 0 Å². The van der Waals surface area contributed by atoms with E-state index in [2.05, 4.69) is 14.9 Å². The number of hydrogen-bond acceptors (Lipinski definition) is 4. The van der Waals surface area contributed by atoms with Crippen LogP contribution in [-0.4, -0.2) is 24.7 Å². The van der Waals surface area contributed by atoms with Crippen LogP contribution in [0.1, 0.15) is 32.4 Å². The molecule has 0 fully saturated rings. The third-order valence-corrected chi connectivity index (χ3v) is 4.35. The van der Waals surface area contributed by atoms with Gasteiger partial charge in [-0.2, -0.15) is 5.10 Å². The highest BCUT2D eigenvalue weighted by atomic mass is 32.2. The van der Waals surface area contributed by atoms with Crippen LogP contribution >= 0.6 is 0 Å². The summed E-state index contributed by atoms with van der Waals surface area (Å²) in [5, 5.41) is 6.14. The molecule has 0 aliphatic rings. The van der Waals surface area contributed by atoms with Crippen molar-refractivity contribution < 1.29 is 13.2 Å². The summed E-state index contributed by atoms with van der Waals surface area (Å²) in [6.07, 6.45) is 2.68. The van der Waals surface area contributed by atoms with Crippen molar-refractivity contribution in [2.75, 3.05) is 0 Å². The van der Waals surface area contributed by atoms with Crippen molar-refractivity contribution in [2.24, 2.45) is 0 Å². The molecular formula is C14H19N3O3S. The molecule has 1 aromatic carbocycles. The molecule has 0 saturated heterocycles. The van der Waals surface area contributed by atoms with Gasteiger partial charge in [0.15, 0.2) is 0 Å². The number of H-pyrrole nitrogens is 1. The first-order valence-electron chi connectivity index (χ1n) is 6.66. The van der Waals surface area contributed by atoms with E-state index in [4.69, 9.17) is 4.74 Å². The Kier molecular flexibility index (Phi) is 4.64. The largest absolute Gasteiger partial charge is 0.491 e. The van der Waals surface area contributed by atoms with E-state index in [1.54, 1.807) is 6.92 Å². The monoisotopic (exact) mass is 309 g/mol. The Morgan fingerprint density at radius 3 is 2.67 bits per heavy atom. The lowest BCUT2D eigenvalue weighted by Gasteiger charge is -2.16. The summed E-state index contributed by atoms with van der Waals surface area (Å²) in [6, 6.07) is 7.01. The standard InChI is InChI=1S/C14H19N3O3S/c1-10(2)20-13-6-4-5-12(7-13)11(3)17-21(18,19)14-8-15-16-9-14/h4-11,17H,1-3H3,(H,15,16). The molecule has 1 unspecified atom stereocenters. The van der Waals surface area contributed by atoms with Crippen LogP contribution in [0, 0.1) is 0 Å².